The number of hydrogen-bond acceptors (Lipinski definition) is 2. The highest BCUT2D eigenvalue weighted by molar-refractivity contribution is 7.13. The van der Waals surface area contributed by atoms with Gasteiger partial charge >= 0.3 is 0 Å². The van der Waals surface area contributed by atoms with Gasteiger partial charge in [-0.3, -0.25) is 0 Å². The second-order valence-corrected chi connectivity index (χ2v) is 5.67. The van der Waals surface area contributed by atoms with E-state index in [2.05, 4.69) is 50.4 Å². The Morgan fingerprint density at radius 2 is 1.76 bits per heavy atom. The number of thiophene rings is 1. The number of hydrogen-bond donors (Lipinski definition) is 1. The van der Waals surface area contributed by atoms with E-state index in [0.29, 0.717) is 12.5 Å². The zero-order valence-electron chi connectivity index (χ0n) is 10.7. The minimum atomic E-state index is 0.450. The van der Waals surface area contributed by atoms with E-state index in [-0.39, 0.29) is 0 Å². The molecule has 1 unspecified atom stereocenters. The van der Waals surface area contributed by atoms with Crippen molar-refractivity contribution in [2.75, 3.05) is 6.54 Å². The van der Waals surface area contributed by atoms with Crippen LogP contribution < -0.4 is 5.73 Å². The number of benzene rings is 1. The average molecular weight is 245 g/mol. The Kier molecular flexibility index (Phi) is 3.65. The summed E-state index contributed by atoms with van der Waals surface area (Å²) in [6.45, 7) is 7.18. The lowest BCUT2D eigenvalue weighted by Gasteiger charge is -2.04. The van der Waals surface area contributed by atoms with Gasteiger partial charge in [0.15, 0.2) is 0 Å². The van der Waals surface area contributed by atoms with Gasteiger partial charge in [0.05, 0.1) is 0 Å². The molecule has 2 aromatic rings. The highest BCUT2D eigenvalue weighted by Gasteiger charge is 2.08. The monoisotopic (exact) mass is 245 g/mol. The number of rotatable bonds is 3. The fraction of sp³-hybridized carbons (Fsp3) is 0.333. The van der Waals surface area contributed by atoms with E-state index in [1.54, 1.807) is 0 Å². The Balaban J connectivity index is 2.36. The van der Waals surface area contributed by atoms with Crippen LogP contribution >= 0.6 is 11.3 Å². The maximum atomic E-state index is 5.70. The van der Waals surface area contributed by atoms with Gasteiger partial charge in [-0.05, 0) is 48.9 Å². The van der Waals surface area contributed by atoms with Crippen LogP contribution in [0.15, 0.2) is 29.6 Å². The molecular weight excluding hydrogens is 226 g/mol. The largest absolute Gasteiger partial charge is 0.330 e. The molecule has 1 nitrogen and oxygen atoms in total. The zero-order chi connectivity index (χ0) is 12.4. The van der Waals surface area contributed by atoms with Crippen LogP contribution in [-0.2, 0) is 0 Å². The molecule has 1 aromatic carbocycles. The van der Waals surface area contributed by atoms with Crippen LogP contribution in [0.5, 0.6) is 0 Å². The van der Waals surface area contributed by atoms with E-state index in [0.717, 1.165) is 0 Å². The molecule has 2 rings (SSSR count). The van der Waals surface area contributed by atoms with Gasteiger partial charge in [0.2, 0.25) is 0 Å². The second-order valence-electron chi connectivity index (χ2n) is 4.76. The lowest BCUT2D eigenvalue weighted by atomic mass is 10.0. The summed E-state index contributed by atoms with van der Waals surface area (Å²) >= 11 is 1.81. The molecule has 0 aliphatic rings. The third-order valence-corrected chi connectivity index (χ3v) is 4.05. The maximum Gasteiger partial charge on any atom is 0.0345 e. The van der Waals surface area contributed by atoms with E-state index in [4.69, 9.17) is 5.73 Å². The zero-order valence-corrected chi connectivity index (χ0v) is 11.5. The van der Waals surface area contributed by atoms with Crippen LogP contribution in [0.2, 0.25) is 0 Å². The van der Waals surface area contributed by atoms with Crippen LogP contribution in [0, 0.1) is 13.8 Å². The summed E-state index contributed by atoms with van der Waals surface area (Å²) in [6.07, 6.45) is 0. The Hall–Kier alpha value is -1.12. The summed E-state index contributed by atoms with van der Waals surface area (Å²) in [5, 5.41) is 2.23. The van der Waals surface area contributed by atoms with Gasteiger partial charge in [-0.2, -0.15) is 0 Å². The molecular formula is C15H19NS. The van der Waals surface area contributed by atoms with Crippen molar-refractivity contribution in [2.24, 2.45) is 5.73 Å². The molecule has 0 amide bonds. The highest BCUT2D eigenvalue weighted by Crippen LogP contribution is 2.31. The van der Waals surface area contributed by atoms with Gasteiger partial charge in [-0.1, -0.05) is 36.2 Å². The average Bonchev–Trinajstić information content (AvgIpc) is 2.76. The van der Waals surface area contributed by atoms with Crippen molar-refractivity contribution in [3.05, 3.63) is 46.3 Å². The SMILES string of the molecule is Cc1cc(C)cc(-c2cc(C(C)CN)cs2)c1. The fourth-order valence-corrected chi connectivity index (χ4v) is 3.04. The van der Waals surface area contributed by atoms with Crippen molar-refractivity contribution in [1.82, 2.24) is 0 Å². The summed E-state index contributed by atoms with van der Waals surface area (Å²) in [4.78, 5) is 1.34. The lowest BCUT2D eigenvalue weighted by Crippen LogP contribution is -2.07. The first-order chi connectivity index (χ1) is 8.10. The molecule has 0 radical (unpaired) electrons. The molecule has 17 heavy (non-hydrogen) atoms. The Labute approximate surface area is 107 Å². The van der Waals surface area contributed by atoms with E-state index in [1.165, 1.54) is 27.1 Å². The summed E-state index contributed by atoms with van der Waals surface area (Å²) < 4.78 is 0. The molecule has 0 saturated carbocycles. The lowest BCUT2D eigenvalue weighted by molar-refractivity contribution is 0.778. The number of aryl methyl sites for hydroxylation is 2. The highest BCUT2D eigenvalue weighted by atomic mass is 32.1. The van der Waals surface area contributed by atoms with Crippen molar-refractivity contribution >= 4 is 11.3 Å². The summed E-state index contributed by atoms with van der Waals surface area (Å²) in [7, 11) is 0. The van der Waals surface area contributed by atoms with E-state index < -0.39 is 0 Å². The van der Waals surface area contributed by atoms with Crippen molar-refractivity contribution in [3.63, 3.8) is 0 Å². The van der Waals surface area contributed by atoms with Gasteiger partial charge in [-0.15, -0.1) is 11.3 Å². The quantitative estimate of drug-likeness (QED) is 0.866. The molecule has 1 atom stereocenters. The summed E-state index contributed by atoms with van der Waals surface area (Å²) in [5.41, 5.74) is 11.0. The first kappa shape index (κ1) is 12.3. The standard InChI is InChI=1S/C15H19NS/c1-10-4-11(2)6-13(5-10)15-7-14(9-17-15)12(3)8-16/h4-7,9,12H,8,16H2,1-3H3. The van der Waals surface area contributed by atoms with Gasteiger partial charge in [-0.25, -0.2) is 0 Å². The molecule has 0 fully saturated rings. The van der Waals surface area contributed by atoms with Gasteiger partial charge in [0, 0.05) is 4.88 Å². The van der Waals surface area contributed by atoms with Crippen molar-refractivity contribution in [3.8, 4) is 10.4 Å². The fourth-order valence-electron chi connectivity index (χ4n) is 2.01. The molecule has 1 heterocycles. The number of nitrogens with two attached hydrogens (primary N) is 1. The van der Waals surface area contributed by atoms with Crippen LogP contribution in [0.25, 0.3) is 10.4 Å². The molecule has 2 N–H and O–H groups in total. The molecule has 0 saturated heterocycles. The molecule has 90 valence electrons. The third-order valence-electron chi connectivity index (χ3n) is 3.05. The van der Waals surface area contributed by atoms with Crippen molar-refractivity contribution < 1.29 is 0 Å². The normalized spacial score (nSPS) is 12.7. The van der Waals surface area contributed by atoms with Crippen LogP contribution in [0.1, 0.15) is 29.5 Å². The summed E-state index contributed by atoms with van der Waals surface area (Å²) in [6, 6.07) is 8.97. The molecule has 2 heteroatoms. The van der Waals surface area contributed by atoms with E-state index in [1.807, 2.05) is 11.3 Å². The molecule has 0 bridgehead atoms. The van der Waals surface area contributed by atoms with Crippen LogP contribution in [0.3, 0.4) is 0 Å². The van der Waals surface area contributed by atoms with E-state index >= 15 is 0 Å². The predicted molar refractivity (Wildman–Crippen MR) is 76.7 cm³/mol. The van der Waals surface area contributed by atoms with Crippen molar-refractivity contribution in [2.45, 2.75) is 26.7 Å². The Bertz CT molecular complexity index is 493. The maximum absolute atomic E-state index is 5.70. The summed E-state index contributed by atoms with van der Waals surface area (Å²) in [5.74, 6) is 0.450. The first-order valence-electron chi connectivity index (χ1n) is 5.97. The molecule has 1 aromatic heterocycles. The minimum Gasteiger partial charge on any atom is -0.330 e. The smallest absolute Gasteiger partial charge is 0.0345 e. The second kappa shape index (κ2) is 5.03. The van der Waals surface area contributed by atoms with Crippen molar-refractivity contribution in [1.29, 1.82) is 0 Å². The van der Waals surface area contributed by atoms with Crippen LogP contribution in [0.4, 0.5) is 0 Å². The Morgan fingerprint density at radius 1 is 1.12 bits per heavy atom. The van der Waals surface area contributed by atoms with Gasteiger partial charge < -0.3 is 5.73 Å². The van der Waals surface area contributed by atoms with E-state index in [9.17, 15) is 0 Å². The molecule has 0 aliphatic heterocycles. The Morgan fingerprint density at radius 3 is 2.35 bits per heavy atom. The third kappa shape index (κ3) is 2.76. The van der Waals surface area contributed by atoms with Crippen LogP contribution in [-0.4, -0.2) is 6.54 Å². The molecule has 0 spiro atoms. The van der Waals surface area contributed by atoms with Gasteiger partial charge in [0.1, 0.15) is 0 Å². The molecule has 0 aliphatic carbocycles. The first-order valence-corrected chi connectivity index (χ1v) is 6.85. The predicted octanol–water partition coefficient (Wildman–Crippen LogP) is 4.09. The topological polar surface area (TPSA) is 26.0 Å². The minimum absolute atomic E-state index is 0.450. The van der Waals surface area contributed by atoms with Gasteiger partial charge in [0.25, 0.3) is 0 Å².